The normalized spacial score (nSPS) is 12.1. The van der Waals surface area contributed by atoms with Gasteiger partial charge in [-0.25, -0.2) is 4.68 Å². The van der Waals surface area contributed by atoms with Crippen LogP contribution in [0.1, 0.15) is 36.6 Å². The first kappa shape index (κ1) is 16.4. The largest absolute Gasteiger partial charge is 0.416 e. The van der Waals surface area contributed by atoms with E-state index in [2.05, 4.69) is 5.10 Å². The highest BCUT2D eigenvalue weighted by molar-refractivity contribution is 5.38. The molecule has 0 amide bonds. The molecular weight excluding hydrogens is 297 g/mol. The Morgan fingerprint density at radius 3 is 2.55 bits per heavy atom. The number of nitrogens with one attached hydrogen (secondary N) is 1. The van der Waals surface area contributed by atoms with Crippen molar-refractivity contribution < 1.29 is 18.3 Å². The first-order valence-electron chi connectivity index (χ1n) is 6.88. The lowest BCUT2D eigenvalue weighted by atomic mass is 10.0. The van der Waals surface area contributed by atoms with Crippen LogP contribution in [0.5, 0.6) is 0 Å². The minimum Gasteiger partial charge on any atom is -0.396 e. The zero-order chi connectivity index (χ0) is 16.5. The second-order valence-corrected chi connectivity index (χ2v) is 5.32. The molecule has 22 heavy (non-hydrogen) atoms. The number of H-pyrrole nitrogens is 1. The number of alkyl halides is 3. The summed E-state index contributed by atoms with van der Waals surface area (Å²) in [6.45, 7) is 3.53. The predicted molar refractivity (Wildman–Crippen MR) is 76.3 cm³/mol. The van der Waals surface area contributed by atoms with Crippen molar-refractivity contribution in [3.05, 3.63) is 51.4 Å². The van der Waals surface area contributed by atoms with Crippen LogP contribution in [-0.2, 0) is 12.6 Å². The fraction of sp³-hybridized carbons (Fsp3) is 0.400. The number of rotatable bonds is 4. The molecule has 0 aliphatic carbocycles. The summed E-state index contributed by atoms with van der Waals surface area (Å²) in [5, 5.41) is 11.9. The second kappa shape index (κ2) is 6.00. The SMILES string of the molecule is CC(C)c1[nH]n(-c2cccc(C(F)(F)F)c2)c(=O)c1CCO. The number of nitrogens with zero attached hydrogens (tertiary/aromatic N) is 1. The summed E-state index contributed by atoms with van der Waals surface area (Å²) in [6.07, 6.45) is -4.31. The maximum absolute atomic E-state index is 12.8. The molecule has 7 heteroatoms. The van der Waals surface area contributed by atoms with Crippen LogP contribution in [0.15, 0.2) is 29.1 Å². The summed E-state index contributed by atoms with van der Waals surface area (Å²) >= 11 is 0. The van der Waals surface area contributed by atoms with E-state index in [0.717, 1.165) is 16.8 Å². The van der Waals surface area contributed by atoms with Crippen LogP contribution in [0.3, 0.4) is 0 Å². The molecule has 0 saturated carbocycles. The van der Waals surface area contributed by atoms with Gasteiger partial charge in [-0.15, -0.1) is 0 Å². The first-order chi connectivity index (χ1) is 10.3. The van der Waals surface area contributed by atoms with Crippen molar-refractivity contribution in [2.75, 3.05) is 6.61 Å². The third-order valence-corrected chi connectivity index (χ3v) is 3.39. The fourth-order valence-corrected chi connectivity index (χ4v) is 2.32. The van der Waals surface area contributed by atoms with Crippen LogP contribution in [0, 0.1) is 0 Å². The highest BCUT2D eigenvalue weighted by Gasteiger charge is 2.30. The minimum absolute atomic E-state index is 0.0127. The Morgan fingerprint density at radius 1 is 1.32 bits per heavy atom. The van der Waals surface area contributed by atoms with E-state index >= 15 is 0 Å². The Bertz CT molecular complexity index is 714. The molecule has 0 spiro atoms. The van der Waals surface area contributed by atoms with E-state index in [1.807, 2.05) is 13.8 Å². The fourth-order valence-electron chi connectivity index (χ4n) is 2.32. The summed E-state index contributed by atoms with van der Waals surface area (Å²) in [6, 6.07) is 4.56. The summed E-state index contributed by atoms with van der Waals surface area (Å²) in [4.78, 5) is 12.4. The van der Waals surface area contributed by atoms with Crippen molar-refractivity contribution >= 4 is 0 Å². The van der Waals surface area contributed by atoms with Gasteiger partial charge >= 0.3 is 6.18 Å². The number of aromatic amines is 1. The van der Waals surface area contributed by atoms with E-state index in [-0.39, 0.29) is 24.6 Å². The zero-order valence-electron chi connectivity index (χ0n) is 12.2. The average molecular weight is 314 g/mol. The summed E-state index contributed by atoms with van der Waals surface area (Å²) in [5.41, 5.74) is -0.115. The van der Waals surface area contributed by atoms with Crippen LogP contribution >= 0.6 is 0 Å². The van der Waals surface area contributed by atoms with Gasteiger partial charge in [-0.2, -0.15) is 13.2 Å². The molecule has 0 bridgehead atoms. The van der Waals surface area contributed by atoms with Gasteiger partial charge in [0.1, 0.15) is 0 Å². The number of halogens is 3. The average Bonchev–Trinajstić information content (AvgIpc) is 2.76. The standard InChI is InChI=1S/C15H17F3N2O2/c1-9(2)13-12(6-7-21)14(22)20(19-13)11-5-3-4-10(8-11)15(16,17)18/h3-5,8-9,19,21H,6-7H2,1-2H3. The Balaban J connectivity index is 2.59. The quantitative estimate of drug-likeness (QED) is 0.912. The molecule has 2 rings (SSSR count). The first-order valence-corrected chi connectivity index (χ1v) is 6.88. The van der Waals surface area contributed by atoms with Crippen LogP contribution in [-0.4, -0.2) is 21.5 Å². The van der Waals surface area contributed by atoms with Crippen LogP contribution in [0.2, 0.25) is 0 Å². The summed E-state index contributed by atoms with van der Waals surface area (Å²) < 4.78 is 39.5. The maximum atomic E-state index is 12.8. The van der Waals surface area contributed by atoms with Crippen molar-refractivity contribution in [3.8, 4) is 5.69 Å². The monoisotopic (exact) mass is 314 g/mol. The molecule has 0 radical (unpaired) electrons. The number of aliphatic hydroxyl groups is 1. The van der Waals surface area contributed by atoms with Crippen molar-refractivity contribution in [3.63, 3.8) is 0 Å². The molecule has 0 aliphatic heterocycles. The molecule has 1 aromatic carbocycles. The number of hydrogen-bond donors (Lipinski definition) is 2. The van der Waals surface area contributed by atoms with Gasteiger partial charge in [-0.1, -0.05) is 19.9 Å². The Morgan fingerprint density at radius 2 is 2.00 bits per heavy atom. The smallest absolute Gasteiger partial charge is 0.396 e. The van der Waals surface area contributed by atoms with Gasteiger partial charge in [-0.3, -0.25) is 9.89 Å². The highest BCUT2D eigenvalue weighted by atomic mass is 19.4. The number of hydrogen-bond acceptors (Lipinski definition) is 2. The number of aliphatic hydroxyl groups excluding tert-OH is 1. The van der Waals surface area contributed by atoms with E-state index in [4.69, 9.17) is 5.11 Å². The van der Waals surface area contributed by atoms with E-state index < -0.39 is 17.3 Å². The van der Waals surface area contributed by atoms with Gasteiger partial charge in [0.25, 0.3) is 5.56 Å². The third-order valence-electron chi connectivity index (χ3n) is 3.39. The topological polar surface area (TPSA) is 58.0 Å². The summed E-state index contributed by atoms with van der Waals surface area (Å²) in [5.74, 6) is -0.0127. The van der Waals surface area contributed by atoms with Crippen molar-refractivity contribution in [1.82, 2.24) is 9.78 Å². The van der Waals surface area contributed by atoms with Crippen LogP contribution in [0.4, 0.5) is 13.2 Å². The molecule has 0 fully saturated rings. The molecule has 1 aromatic heterocycles. The lowest BCUT2D eigenvalue weighted by Crippen LogP contribution is -2.18. The van der Waals surface area contributed by atoms with Gasteiger partial charge in [0.2, 0.25) is 0 Å². The lowest BCUT2D eigenvalue weighted by molar-refractivity contribution is -0.137. The Kier molecular flexibility index (Phi) is 4.46. The molecule has 1 heterocycles. The molecule has 2 aromatic rings. The Hall–Kier alpha value is -2.02. The van der Waals surface area contributed by atoms with Crippen molar-refractivity contribution in [2.24, 2.45) is 0 Å². The van der Waals surface area contributed by atoms with Crippen molar-refractivity contribution in [2.45, 2.75) is 32.4 Å². The van der Waals surface area contributed by atoms with Gasteiger partial charge in [0.15, 0.2) is 0 Å². The predicted octanol–water partition coefficient (Wildman–Crippen LogP) is 2.84. The molecule has 2 N–H and O–H groups in total. The highest BCUT2D eigenvalue weighted by Crippen LogP contribution is 2.30. The molecule has 4 nitrogen and oxygen atoms in total. The van der Waals surface area contributed by atoms with Gasteiger partial charge < -0.3 is 5.11 Å². The number of benzene rings is 1. The molecule has 0 atom stereocenters. The lowest BCUT2D eigenvalue weighted by Gasteiger charge is -2.09. The third kappa shape index (κ3) is 3.09. The van der Waals surface area contributed by atoms with Gasteiger partial charge in [0.05, 0.1) is 11.3 Å². The molecular formula is C15H17F3N2O2. The number of aromatic nitrogens is 2. The van der Waals surface area contributed by atoms with Crippen LogP contribution < -0.4 is 5.56 Å². The van der Waals surface area contributed by atoms with Crippen molar-refractivity contribution in [1.29, 1.82) is 0 Å². The van der Waals surface area contributed by atoms with E-state index in [1.54, 1.807) is 0 Å². The van der Waals surface area contributed by atoms with E-state index in [9.17, 15) is 18.0 Å². The minimum atomic E-state index is -4.47. The summed E-state index contributed by atoms with van der Waals surface area (Å²) in [7, 11) is 0. The molecule has 0 aliphatic rings. The van der Waals surface area contributed by atoms with Gasteiger partial charge in [-0.05, 0) is 24.1 Å². The molecule has 120 valence electrons. The van der Waals surface area contributed by atoms with Gasteiger partial charge in [0, 0.05) is 24.3 Å². The molecule has 0 saturated heterocycles. The zero-order valence-corrected chi connectivity index (χ0v) is 12.2. The van der Waals surface area contributed by atoms with E-state index in [1.165, 1.54) is 12.1 Å². The molecule has 0 unspecified atom stereocenters. The maximum Gasteiger partial charge on any atom is 0.416 e. The van der Waals surface area contributed by atoms with Crippen LogP contribution in [0.25, 0.3) is 5.69 Å². The van der Waals surface area contributed by atoms with E-state index in [0.29, 0.717) is 11.3 Å². The second-order valence-electron chi connectivity index (χ2n) is 5.32. The Labute approximate surface area is 125 Å².